The van der Waals surface area contributed by atoms with E-state index in [4.69, 9.17) is 9.84 Å². The van der Waals surface area contributed by atoms with Crippen molar-refractivity contribution in [2.75, 3.05) is 6.61 Å². The molecule has 7 nitrogen and oxygen atoms in total. The third kappa shape index (κ3) is 5.18. The monoisotopic (exact) mass is 450 g/mol. The molecule has 0 saturated heterocycles. The molecule has 0 spiro atoms. The molecule has 7 heteroatoms. The lowest BCUT2D eigenvalue weighted by Crippen LogP contribution is -2.53. The van der Waals surface area contributed by atoms with E-state index in [0.29, 0.717) is 0 Å². The van der Waals surface area contributed by atoms with Crippen LogP contribution in [-0.4, -0.2) is 41.8 Å². The molecule has 0 aromatic heterocycles. The maximum absolute atomic E-state index is 12.9. The molecule has 1 saturated carbocycles. The van der Waals surface area contributed by atoms with Gasteiger partial charge in [-0.05, 0) is 46.9 Å². The molecule has 2 aliphatic rings. The standard InChI is InChI=1S/C26H30N2O5/c1-15(2)24(25(31)27-22(13-23(29)30)16-11-12-16)28-26(32)33-14-21-19-9-5-3-7-17(19)18-8-4-6-10-20(18)21/h3-10,15-16,21-22,24H,11-14H2,1-2H3,(H,27,31)(H,28,32)(H,29,30)/t22?,24-/m0/s1. The highest BCUT2D eigenvalue weighted by molar-refractivity contribution is 5.86. The van der Waals surface area contributed by atoms with Gasteiger partial charge in [-0.2, -0.15) is 0 Å². The van der Waals surface area contributed by atoms with Gasteiger partial charge in [-0.15, -0.1) is 0 Å². The molecule has 2 aromatic carbocycles. The molecule has 1 unspecified atom stereocenters. The smallest absolute Gasteiger partial charge is 0.407 e. The number of ether oxygens (including phenoxy) is 1. The molecule has 33 heavy (non-hydrogen) atoms. The second-order valence-corrected chi connectivity index (χ2v) is 9.24. The fraction of sp³-hybridized carbons (Fsp3) is 0.423. The number of benzene rings is 2. The van der Waals surface area contributed by atoms with Crippen LogP contribution < -0.4 is 10.6 Å². The maximum atomic E-state index is 12.9. The Morgan fingerprint density at radius 3 is 2.06 bits per heavy atom. The molecular weight excluding hydrogens is 420 g/mol. The zero-order valence-electron chi connectivity index (χ0n) is 18.9. The lowest BCUT2D eigenvalue weighted by atomic mass is 9.98. The van der Waals surface area contributed by atoms with Crippen LogP contribution in [0.25, 0.3) is 11.1 Å². The average molecular weight is 451 g/mol. The van der Waals surface area contributed by atoms with E-state index >= 15 is 0 Å². The second kappa shape index (κ2) is 9.65. The Balaban J connectivity index is 1.39. The van der Waals surface area contributed by atoms with Crippen LogP contribution in [0.1, 0.15) is 50.2 Å². The van der Waals surface area contributed by atoms with Crippen molar-refractivity contribution in [3.63, 3.8) is 0 Å². The van der Waals surface area contributed by atoms with E-state index in [1.54, 1.807) is 0 Å². The van der Waals surface area contributed by atoms with Crippen molar-refractivity contribution in [3.8, 4) is 11.1 Å². The van der Waals surface area contributed by atoms with E-state index in [1.807, 2.05) is 50.2 Å². The summed E-state index contributed by atoms with van der Waals surface area (Å²) < 4.78 is 5.58. The van der Waals surface area contributed by atoms with Crippen LogP contribution in [-0.2, 0) is 14.3 Å². The Bertz CT molecular complexity index is 1000. The number of hydrogen-bond donors (Lipinski definition) is 3. The summed E-state index contributed by atoms with van der Waals surface area (Å²) in [5.41, 5.74) is 4.52. The summed E-state index contributed by atoms with van der Waals surface area (Å²) in [7, 11) is 0. The van der Waals surface area contributed by atoms with Gasteiger partial charge in [-0.3, -0.25) is 9.59 Å². The first-order valence-electron chi connectivity index (χ1n) is 11.5. The minimum atomic E-state index is -0.946. The summed E-state index contributed by atoms with van der Waals surface area (Å²) in [6.45, 7) is 3.82. The predicted octanol–water partition coefficient (Wildman–Crippen LogP) is 3.92. The van der Waals surface area contributed by atoms with E-state index in [0.717, 1.165) is 35.1 Å². The van der Waals surface area contributed by atoms with Crippen LogP contribution in [0.3, 0.4) is 0 Å². The summed E-state index contributed by atoms with van der Waals surface area (Å²) in [6.07, 6.45) is 1.04. The fourth-order valence-electron chi connectivity index (χ4n) is 4.60. The zero-order chi connectivity index (χ0) is 23.5. The van der Waals surface area contributed by atoms with Crippen molar-refractivity contribution < 1.29 is 24.2 Å². The van der Waals surface area contributed by atoms with Gasteiger partial charge in [-0.25, -0.2) is 4.79 Å². The average Bonchev–Trinajstić information content (AvgIpc) is 3.58. The molecule has 2 aromatic rings. The predicted molar refractivity (Wildman–Crippen MR) is 124 cm³/mol. The zero-order valence-corrected chi connectivity index (χ0v) is 18.9. The summed E-state index contributed by atoms with van der Waals surface area (Å²) in [6, 6.07) is 15.0. The summed E-state index contributed by atoms with van der Waals surface area (Å²) in [5, 5.41) is 14.7. The Labute approximate surface area is 193 Å². The van der Waals surface area contributed by atoms with Gasteiger partial charge in [0.15, 0.2) is 0 Å². The minimum Gasteiger partial charge on any atom is -0.481 e. The second-order valence-electron chi connectivity index (χ2n) is 9.24. The normalized spacial score (nSPS) is 16.5. The first kappa shape index (κ1) is 22.8. The number of carboxylic acid groups (broad SMARTS) is 1. The highest BCUT2D eigenvalue weighted by atomic mass is 16.5. The summed E-state index contributed by atoms with van der Waals surface area (Å²) >= 11 is 0. The Hall–Kier alpha value is -3.35. The van der Waals surface area contributed by atoms with Crippen molar-refractivity contribution in [2.45, 2.75) is 51.1 Å². The van der Waals surface area contributed by atoms with Gasteiger partial charge in [-0.1, -0.05) is 62.4 Å². The number of rotatable bonds is 9. The third-order valence-electron chi connectivity index (χ3n) is 6.48. The number of fused-ring (bicyclic) bond motifs is 3. The molecule has 3 N–H and O–H groups in total. The van der Waals surface area contributed by atoms with Gasteiger partial charge in [0.1, 0.15) is 12.6 Å². The molecule has 0 aliphatic heterocycles. The van der Waals surface area contributed by atoms with Crippen LogP contribution >= 0.6 is 0 Å². The molecule has 0 bridgehead atoms. The summed E-state index contributed by atoms with van der Waals surface area (Å²) in [5.74, 6) is -1.39. The molecule has 2 aliphatic carbocycles. The first-order chi connectivity index (χ1) is 15.8. The van der Waals surface area contributed by atoms with Crippen LogP contribution in [0, 0.1) is 11.8 Å². The van der Waals surface area contributed by atoms with Crippen molar-refractivity contribution in [2.24, 2.45) is 11.8 Å². The number of nitrogens with one attached hydrogen (secondary N) is 2. The number of carbonyl (C=O) groups is 3. The molecular formula is C26H30N2O5. The highest BCUT2D eigenvalue weighted by Gasteiger charge is 2.36. The van der Waals surface area contributed by atoms with Crippen molar-refractivity contribution in [1.82, 2.24) is 10.6 Å². The fourth-order valence-corrected chi connectivity index (χ4v) is 4.60. The molecule has 2 amide bonds. The van der Waals surface area contributed by atoms with Crippen molar-refractivity contribution in [3.05, 3.63) is 59.7 Å². The van der Waals surface area contributed by atoms with Crippen molar-refractivity contribution >= 4 is 18.0 Å². The minimum absolute atomic E-state index is 0.0655. The van der Waals surface area contributed by atoms with E-state index in [1.165, 1.54) is 0 Å². The van der Waals surface area contributed by atoms with Crippen LogP contribution in [0.5, 0.6) is 0 Å². The molecule has 174 valence electrons. The maximum Gasteiger partial charge on any atom is 0.407 e. The van der Waals surface area contributed by atoms with E-state index in [9.17, 15) is 14.4 Å². The number of amides is 2. The summed E-state index contributed by atoms with van der Waals surface area (Å²) in [4.78, 5) is 36.7. The number of aliphatic carboxylic acids is 1. The van der Waals surface area contributed by atoms with E-state index in [-0.39, 0.29) is 36.7 Å². The molecule has 0 radical (unpaired) electrons. The Morgan fingerprint density at radius 2 is 1.55 bits per heavy atom. The van der Waals surface area contributed by atoms with Crippen LogP contribution in [0.2, 0.25) is 0 Å². The first-order valence-corrected chi connectivity index (χ1v) is 11.5. The van der Waals surface area contributed by atoms with Gasteiger partial charge in [0.25, 0.3) is 0 Å². The van der Waals surface area contributed by atoms with Crippen LogP contribution in [0.4, 0.5) is 4.79 Å². The molecule has 1 fully saturated rings. The van der Waals surface area contributed by atoms with E-state index < -0.39 is 24.1 Å². The van der Waals surface area contributed by atoms with Gasteiger partial charge >= 0.3 is 12.1 Å². The lowest BCUT2D eigenvalue weighted by molar-refractivity contribution is -0.138. The van der Waals surface area contributed by atoms with Crippen LogP contribution in [0.15, 0.2) is 48.5 Å². The van der Waals surface area contributed by atoms with Gasteiger partial charge in [0.05, 0.1) is 6.42 Å². The lowest BCUT2D eigenvalue weighted by Gasteiger charge is -2.25. The quantitative estimate of drug-likeness (QED) is 0.537. The third-order valence-corrected chi connectivity index (χ3v) is 6.48. The number of hydrogen-bond acceptors (Lipinski definition) is 4. The molecule has 2 atom stereocenters. The Kier molecular flexibility index (Phi) is 6.67. The van der Waals surface area contributed by atoms with Gasteiger partial charge in [0.2, 0.25) is 5.91 Å². The van der Waals surface area contributed by atoms with Gasteiger partial charge < -0.3 is 20.5 Å². The largest absolute Gasteiger partial charge is 0.481 e. The van der Waals surface area contributed by atoms with E-state index in [2.05, 4.69) is 22.8 Å². The number of alkyl carbamates (subject to hydrolysis) is 1. The highest BCUT2D eigenvalue weighted by Crippen LogP contribution is 2.44. The number of carboxylic acids is 1. The van der Waals surface area contributed by atoms with Crippen molar-refractivity contribution in [1.29, 1.82) is 0 Å². The SMILES string of the molecule is CC(C)[C@H](NC(=O)OCC1c2ccccc2-c2ccccc21)C(=O)NC(CC(=O)O)C1CC1. The topological polar surface area (TPSA) is 105 Å². The molecule has 0 heterocycles. The number of carbonyl (C=O) groups excluding carboxylic acids is 2. The Morgan fingerprint density at radius 1 is 0.970 bits per heavy atom. The van der Waals surface area contributed by atoms with Gasteiger partial charge in [0, 0.05) is 12.0 Å². The molecule has 4 rings (SSSR count).